The van der Waals surface area contributed by atoms with E-state index in [1.54, 1.807) is 19.9 Å². The predicted molar refractivity (Wildman–Crippen MR) is 72.7 cm³/mol. The minimum atomic E-state index is -3.17. The Morgan fingerprint density at radius 3 is 2.65 bits per heavy atom. The molecule has 0 aromatic carbocycles. The quantitative estimate of drug-likeness (QED) is 0.754. The van der Waals surface area contributed by atoms with Gasteiger partial charge < -0.3 is 4.74 Å². The van der Waals surface area contributed by atoms with Crippen LogP contribution in [0.2, 0.25) is 0 Å². The molecular formula is C13H18N2O4S. The highest BCUT2D eigenvalue weighted by atomic mass is 32.2. The fourth-order valence-electron chi connectivity index (χ4n) is 1.90. The van der Waals surface area contributed by atoms with E-state index < -0.39 is 21.2 Å². The first kappa shape index (κ1) is 14.9. The van der Waals surface area contributed by atoms with Crippen molar-refractivity contribution in [1.82, 2.24) is 9.97 Å². The second-order valence-corrected chi connectivity index (χ2v) is 7.76. The van der Waals surface area contributed by atoms with Gasteiger partial charge in [-0.25, -0.2) is 18.4 Å². The van der Waals surface area contributed by atoms with Gasteiger partial charge in [-0.05, 0) is 32.8 Å². The van der Waals surface area contributed by atoms with E-state index in [1.165, 1.54) is 13.3 Å². The van der Waals surface area contributed by atoms with Crippen molar-refractivity contribution in [3.63, 3.8) is 0 Å². The van der Waals surface area contributed by atoms with E-state index >= 15 is 0 Å². The smallest absolute Gasteiger partial charge is 0.317 e. The zero-order chi connectivity index (χ0) is 15.0. The minimum absolute atomic E-state index is 0.178. The Hall–Kier alpha value is -1.50. The number of sulfone groups is 1. The zero-order valence-corrected chi connectivity index (χ0v) is 12.6. The Morgan fingerprint density at radius 2 is 2.10 bits per heavy atom. The third-order valence-electron chi connectivity index (χ3n) is 3.40. The van der Waals surface area contributed by atoms with E-state index in [2.05, 4.69) is 9.97 Å². The molecule has 1 heterocycles. The zero-order valence-electron chi connectivity index (χ0n) is 11.8. The molecule has 0 spiro atoms. The second-order valence-electron chi connectivity index (χ2n) is 5.48. The number of ether oxygens (including phenoxy) is 1. The van der Waals surface area contributed by atoms with Crippen LogP contribution in [-0.4, -0.2) is 36.7 Å². The highest BCUT2D eigenvalue weighted by Gasteiger charge is 2.37. The molecule has 6 nitrogen and oxygen atoms in total. The van der Waals surface area contributed by atoms with Crippen molar-refractivity contribution >= 4 is 15.8 Å². The number of esters is 1. The van der Waals surface area contributed by atoms with Crippen molar-refractivity contribution in [3.8, 4) is 0 Å². The first-order valence-electron chi connectivity index (χ1n) is 6.40. The SMILES string of the molecule is COC(=O)C(C)(C)c1ccnc(CS(=O)(=O)C2CC2)n1. The number of methoxy groups -OCH3 is 1. The van der Waals surface area contributed by atoms with Crippen LogP contribution in [0.1, 0.15) is 38.2 Å². The summed E-state index contributed by atoms with van der Waals surface area (Å²) in [6.07, 6.45) is 2.91. The van der Waals surface area contributed by atoms with Crippen molar-refractivity contribution < 1.29 is 17.9 Å². The largest absolute Gasteiger partial charge is 0.468 e. The Balaban J connectivity index is 2.26. The molecule has 1 aromatic rings. The van der Waals surface area contributed by atoms with E-state index in [9.17, 15) is 13.2 Å². The molecule has 1 fully saturated rings. The van der Waals surface area contributed by atoms with Crippen molar-refractivity contribution in [3.05, 3.63) is 23.8 Å². The molecule has 1 saturated carbocycles. The van der Waals surface area contributed by atoms with Crippen LogP contribution in [0.5, 0.6) is 0 Å². The molecule has 0 saturated heterocycles. The van der Waals surface area contributed by atoms with Crippen LogP contribution in [-0.2, 0) is 30.5 Å². The van der Waals surface area contributed by atoms with Gasteiger partial charge in [0.15, 0.2) is 9.84 Å². The Bertz CT molecular complexity index is 621. The number of carbonyl (C=O) groups is 1. The second kappa shape index (κ2) is 5.12. The molecule has 0 unspecified atom stereocenters. The Labute approximate surface area is 118 Å². The van der Waals surface area contributed by atoms with Crippen LogP contribution in [0.25, 0.3) is 0 Å². The van der Waals surface area contributed by atoms with Crippen molar-refractivity contribution in [1.29, 1.82) is 0 Å². The van der Waals surface area contributed by atoms with Crippen molar-refractivity contribution in [2.75, 3.05) is 7.11 Å². The number of rotatable bonds is 5. The predicted octanol–water partition coefficient (Wildman–Crippen LogP) is 1.00. The van der Waals surface area contributed by atoms with Crippen molar-refractivity contribution in [2.24, 2.45) is 0 Å². The van der Waals surface area contributed by atoms with Crippen LogP contribution < -0.4 is 0 Å². The average Bonchev–Trinajstić information content (AvgIpc) is 3.22. The summed E-state index contributed by atoms with van der Waals surface area (Å²) in [6, 6.07) is 1.60. The van der Waals surface area contributed by atoms with Gasteiger partial charge in [0.2, 0.25) is 0 Å². The Kier molecular flexibility index (Phi) is 3.82. The maximum Gasteiger partial charge on any atom is 0.317 e. The molecule has 2 rings (SSSR count). The molecule has 0 atom stereocenters. The summed E-state index contributed by atoms with van der Waals surface area (Å²) in [5, 5.41) is -0.247. The molecule has 0 radical (unpaired) electrons. The summed E-state index contributed by atoms with van der Waals surface area (Å²) >= 11 is 0. The molecule has 1 aromatic heterocycles. The molecule has 110 valence electrons. The summed E-state index contributed by atoms with van der Waals surface area (Å²) < 4.78 is 28.6. The third-order valence-corrected chi connectivity index (χ3v) is 5.55. The highest BCUT2D eigenvalue weighted by Crippen LogP contribution is 2.30. The number of hydrogen-bond acceptors (Lipinski definition) is 6. The van der Waals surface area contributed by atoms with Gasteiger partial charge in [0.1, 0.15) is 17.0 Å². The van der Waals surface area contributed by atoms with Gasteiger partial charge in [0.05, 0.1) is 18.1 Å². The molecule has 0 aliphatic heterocycles. The normalized spacial score (nSPS) is 15.9. The molecule has 7 heteroatoms. The lowest BCUT2D eigenvalue weighted by Crippen LogP contribution is -2.31. The van der Waals surface area contributed by atoms with Gasteiger partial charge in [-0.3, -0.25) is 4.79 Å². The van der Waals surface area contributed by atoms with Gasteiger partial charge in [-0.2, -0.15) is 0 Å². The number of aromatic nitrogens is 2. The summed E-state index contributed by atoms with van der Waals surface area (Å²) in [5.74, 6) is -0.374. The number of carbonyl (C=O) groups excluding carboxylic acids is 1. The maximum absolute atomic E-state index is 11.9. The van der Waals surface area contributed by atoms with Gasteiger partial charge >= 0.3 is 5.97 Å². The topological polar surface area (TPSA) is 86.2 Å². The average molecular weight is 298 g/mol. The van der Waals surface area contributed by atoms with Gasteiger partial charge in [-0.1, -0.05) is 0 Å². The Morgan fingerprint density at radius 1 is 1.45 bits per heavy atom. The van der Waals surface area contributed by atoms with Crippen LogP contribution in [0.3, 0.4) is 0 Å². The first-order valence-corrected chi connectivity index (χ1v) is 8.11. The molecule has 1 aliphatic carbocycles. The molecule has 0 N–H and O–H groups in total. The summed E-state index contributed by atoms with van der Waals surface area (Å²) in [7, 11) is -1.86. The molecular weight excluding hydrogens is 280 g/mol. The van der Waals surface area contributed by atoms with E-state index in [1.807, 2.05) is 0 Å². The fraction of sp³-hybridized carbons (Fsp3) is 0.615. The minimum Gasteiger partial charge on any atom is -0.468 e. The molecule has 0 bridgehead atoms. The van der Waals surface area contributed by atoms with Gasteiger partial charge in [0, 0.05) is 6.20 Å². The van der Waals surface area contributed by atoms with Crippen LogP contribution in [0, 0.1) is 0 Å². The third kappa shape index (κ3) is 2.98. The molecule has 1 aliphatic rings. The lowest BCUT2D eigenvalue weighted by atomic mass is 9.89. The molecule has 20 heavy (non-hydrogen) atoms. The lowest BCUT2D eigenvalue weighted by molar-refractivity contribution is -0.146. The van der Waals surface area contributed by atoms with Crippen LogP contribution in [0.15, 0.2) is 12.3 Å². The van der Waals surface area contributed by atoms with E-state index in [0.717, 1.165) is 12.8 Å². The standard InChI is InChI=1S/C13H18N2O4S/c1-13(2,12(16)19-3)10-6-7-14-11(15-10)8-20(17,18)9-4-5-9/h6-7,9H,4-5,8H2,1-3H3. The summed E-state index contributed by atoms with van der Waals surface area (Å²) in [6.45, 7) is 3.36. The summed E-state index contributed by atoms with van der Waals surface area (Å²) in [5.41, 5.74) is -0.476. The number of nitrogens with zero attached hydrogens (tertiary/aromatic N) is 2. The summed E-state index contributed by atoms with van der Waals surface area (Å²) in [4.78, 5) is 20.0. The van der Waals surface area contributed by atoms with Crippen LogP contribution in [0.4, 0.5) is 0 Å². The highest BCUT2D eigenvalue weighted by molar-refractivity contribution is 7.91. The monoisotopic (exact) mass is 298 g/mol. The van der Waals surface area contributed by atoms with Crippen LogP contribution >= 0.6 is 0 Å². The lowest BCUT2D eigenvalue weighted by Gasteiger charge is -2.20. The van der Waals surface area contributed by atoms with E-state index in [-0.39, 0.29) is 16.8 Å². The van der Waals surface area contributed by atoms with Gasteiger partial charge in [0.25, 0.3) is 0 Å². The maximum atomic E-state index is 11.9. The van der Waals surface area contributed by atoms with E-state index in [4.69, 9.17) is 4.74 Å². The van der Waals surface area contributed by atoms with Gasteiger partial charge in [-0.15, -0.1) is 0 Å². The van der Waals surface area contributed by atoms with E-state index in [0.29, 0.717) is 5.69 Å². The molecule has 0 amide bonds. The number of hydrogen-bond donors (Lipinski definition) is 0. The first-order chi connectivity index (χ1) is 9.27. The van der Waals surface area contributed by atoms with Crippen molar-refractivity contribution in [2.45, 2.75) is 43.1 Å². The fourth-order valence-corrected chi connectivity index (χ4v) is 3.49.